The fraction of sp³-hybridized carbons (Fsp3) is 0.429. The molecule has 3 N–H and O–H groups in total. The quantitative estimate of drug-likeness (QED) is 0.846. The monoisotopic (exact) mass is 296 g/mol. The van der Waals surface area contributed by atoms with Crippen molar-refractivity contribution in [2.75, 3.05) is 13.2 Å². The summed E-state index contributed by atoms with van der Waals surface area (Å²) in [6.07, 6.45) is 0.956. The summed E-state index contributed by atoms with van der Waals surface area (Å²) >= 11 is 6.05. The van der Waals surface area contributed by atoms with Crippen LogP contribution in [0.1, 0.15) is 12.0 Å². The lowest BCUT2D eigenvalue weighted by Gasteiger charge is -2.18. The van der Waals surface area contributed by atoms with Crippen molar-refractivity contribution in [3.8, 4) is 0 Å². The van der Waals surface area contributed by atoms with Gasteiger partial charge in [-0.25, -0.2) is 0 Å². The lowest BCUT2D eigenvalue weighted by molar-refractivity contribution is -0.129. The fourth-order valence-electron chi connectivity index (χ4n) is 2.14. The molecule has 1 aromatic rings. The maximum Gasteiger partial charge on any atom is 0.240 e. The molecule has 5 nitrogen and oxygen atoms in total. The Morgan fingerprint density at radius 2 is 2.20 bits per heavy atom. The van der Waals surface area contributed by atoms with Crippen LogP contribution in [-0.2, 0) is 20.7 Å². The van der Waals surface area contributed by atoms with Gasteiger partial charge in [0.05, 0.1) is 12.5 Å². The first-order valence-electron chi connectivity index (χ1n) is 6.48. The van der Waals surface area contributed by atoms with Gasteiger partial charge < -0.3 is 15.8 Å². The van der Waals surface area contributed by atoms with Crippen molar-refractivity contribution in [1.82, 2.24) is 5.32 Å². The Morgan fingerprint density at radius 1 is 1.45 bits per heavy atom. The van der Waals surface area contributed by atoms with Gasteiger partial charge in [-0.2, -0.15) is 0 Å². The van der Waals surface area contributed by atoms with Crippen LogP contribution in [0.15, 0.2) is 24.3 Å². The predicted molar refractivity (Wildman–Crippen MR) is 75.2 cm³/mol. The zero-order valence-electron chi connectivity index (χ0n) is 11.0. The second kappa shape index (κ2) is 6.72. The molecule has 2 rings (SSSR count). The SMILES string of the molecule is NC(=O)[C@@H](Cc1ccccc1Cl)NC(=O)[C@H]1CCOC1. The molecule has 20 heavy (non-hydrogen) atoms. The standard InChI is InChI=1S/C14H17ClN2O3/c15-11-4-2-1-3-9(11)7-12(13(16)18)17-14(19)10-5-6-20-8-10/h1-4,10,12H,5-8H2,(H2,16,18)(H,17,19)/t10-,12+/m0/s1. The molecule has 1 heterocycles. The van der Waals surface area contributed by atoms with Crippen molar-refractivity contribution in [3.05, 3.63) is 34.9 Å². The summed E-state index contributed by atoms with van der Waals surface area (Å²) in [6, 6.07) is 6.42. The maximum atomic E-state index is 12.0. The van der Waals surface area contributed by atoms with Crippen LogP contribution in [0.2, 0.25) is 5.02 Å². The van der Waals surface area contributed by atoms with Gasteiger partial charge in [0.1, 0.15) is 6.04 Å². The van der Waals surface area contributed by atoms with Gasteiger partial charge in [0.25, 0.3) is 0 Å². The van der Waals surface area contributed by atoms with E-state index in [1.54, 1.807) is 12.1 Å². The topological polar surface area (TPSA) is 81.4 Å². The van der Waals surface area contributed by atoms with Crippen molar-refractivity contribution < 1.29 is 14.3 Å². The Bertz CT molecular complexity index is 501. The number of primary amides is 1. The highest BCUT2D eigenvalue weighted by Crippen LogP contribution is 2.17. The molecule has 6 heteroatoms. The predicted octanol–water partition coefficient (Wildman–Crippen LogP) is 0.889. The largest absolute Gasteiger partial charge is 0.381 e. The average molecular weight is 297 g/mol. The molecule has 2 atom stereocenters. The third kappa shape index (κ3) is 3.71. The molecule has 0 unspecified atom stereocenters. The Kier molecular flexibility index (Phi) is 4.98. The number of hydrogen-bond donors (Lipinski definition) is 2. The molecule has 0 bridgehead atoms. The number of ether oxygens (including phenoxy) is 1. The van der Waals surface area contributed by atoms with Crippen molar-refractivity contribution >= 4 is 23.4 Å². The Hall–Kier alpha value is -1.59. The van der Waals surface area contributed by atoms with Crippen LogP contribution < -0.4 is 11.1 Å². The fourth-order valence-corrected chi connectivity index (χ4v) is 2.35. The van der Waals surface area contributed by atoms with Gasteiger partial charge >= 0.3 is 0 Å². The number of hydrogen-bond acceptors (Lipinski definition) is 3. The van der Waals surface area contributed by atoms with Crippen molar-refractivity contribution in [1.29, 1.82) is 0 Å². The summed E-state index contributed by atoms with van der Waals surface area (Å²) in [5, 5.41) is 3.23. The van der Waals surface area contributed by atoms with E-state index in [4.69, 9.17) is 22.1 Å². The molecule has 1 fully saturated rings. The molecule has 1 aliphatic heterocycles. The van der Waals surface area contributed by atoms with Gasteiger partial charge in [0, 0.05) is 18.1 Å². The van der Waals surface area contributed by atoms with Crippen LogP contribution >= 0.6 is 11.6 Å². The van der Waals surface area contributed by atoms with Crippen LogP contribution in [0.25, 0.3) is 0 Å². The Labute approximate surface area is 122 Å². The number of halogens is 1. The Balaban J connectivity index is 2.02. The van der Waals surface area contributed by atoms with Gasteiger partial charge in [0.2, 0.25) is 11.8 Å². The highest BCUT2D eigenvalue weighted by molar-refractivity contribution is 6.31. The minimum Gasteiger partial charge on any atom is -0.381 e. The molecule has 1 saturated heterocycles. The smallest absolute Gasteiger partial charge is 0.240 e. The summed E-state index contributed by atoms with van der Waals surface area (Å²) in [6.45, 7) is 0.966. The minimum absolute atomic E-state index is 0.196. The number of rotatable bonds is 5. The third-order valence-corrected chi connectivity index (χ3v) is 3.71. The molecule has 2 amide bonds. The molecule has 0 aromatic heterocycles. The van der Waals surface area contributed by atoms with E-state index in [1.807, 2.05) is 12.1 Å². The number of nitrogens with two attached hydrogens (primary N) is 1. The van der Waals surface area contributed by atoms with E-state index >= 15 is 0 Å². The first-order chi connectivity index (χ1) is 9.58. The van der Waals surface area contributed by atoms with Crippen molar-refractivity contribution in [3.63, 3.8) is 0 Å². The van der Waals surface area contributed by atoms with Gasteiger partial charge in [-0.1, -0.05) is 29.8 Å². The zero-order valence-corrected chi connectivity index (χ0v) is 11.7. The van der Waals surface area contributed by atoms with Gasteiger partial charge in [-0.3, -0.25) is 9.59 Å². The number of nitrogens with one attached hydrogen (secondary N) is 1. The summed E-state index contributed by atoms with van der Waals surface area (Å²) < 4.78 is 5.16. The second-order valence-corrected chi connectivity index (χ2v) is 5.23. The Morgan fingerprint density at radius 3 is 2.80 bits per heavy atom. The summed E-state index contributed by atoms with van der Waals surface area (Å²) in [7, 11) is 0. The first-order valence-corrected chi connectivity index (χ1v) is 6.86. The molecule has 0 spiro atoms. The molecule has 108 valence electrons. The van der Waals surface area contributed by atoms with Crippen LogP contribution in [0.5, 0.6) is 0 Å². The summed E-state index contributed by atoms with van der Waals surface area (Å²) in [4.78, 5) is 23.5. The number of amides is 2. The van der Waals surface area contributed by atoms with Crippen LogP contribution in [-0.4, -0.2) is 31.1 Å². The van der Waals surface area contributed by atoms with Gasteiger partial charge in [-0.15, -0.1) is 0 Å². The zero-order chi connectivity index (χ0) is 14.5. The number of benzene rings is 1. The average Bonchev–Trinajstić information content (AvgIpc) is 2.94. The van der Waals surface area contributed by atoms with E-state index in [2.05, 4.69) is 5.32 Å². The third-order valence-electron chi connectivity index (χ3n) is 3.34. The van der Waals surface area contributed by atoms with E-state index in [0.717, 1.165) is 5.56 Å². The molecule has 1 aromatic carbocycles. The van der Waals surface area contributed by atoms with E-state index in [-0.39, 0.29) is 18.2 Å². The highest BCUT2D eigenvalue weighted by Gasteiger charge is 2.27. The van der Waals surface area contributed by atoms with Crippen LogP contribution in [0.4, 0.5) is 0 Å². The molecule has 1 aliphatic rings. The molecule has 0 radical (unpaired) electrons. The molecule has 0 saturated carbocycles. The van der Waals surface area contributed by atoms with E-state index in [0.29, 0.717) is 24.7 Å². The van der Waals surface area contributed by atoms with Gasteiger partial charge in [-0.05, 0) is 18.1 Å². The minimum atomic E-state index is -0.761. The lowest BCUT2D eigenvalue weighted by atomic mass is 10.0. The van der Waals surface area contributed by atoms with E-state index in [9.17, 15) is 9.59 Å². The highest BCUT2D eigenvalue weighted by atomic mass is 35.5. The number of carbonyl (C=O) groups excluding carboxylic acids is 2. The van der Waals surface area contributed by atoms with Gasteiger partial charge in [0.15, 0.2) is 0 Å². The van der Waals surface area contributed by atoms with Crippen LogP contribution in [0, 0.1) is 5.92 Å². The lowest BCUT2D eigenvalue weighted by Crippen LogP contribution is -2.48. The summed E-state index contributed by atoms with van der Waals surface area (Å²) in [5.74, 6) is -0.973. The van der Waals surface area contributed by atoms with Crippen LogP contribution in [0.3, 0.4) is 0 Å². The van der Waals surface area contributed by atoms with E-state index < -0.39 is 11.9 Å². The molecule has 0 aliphatic carbocycles. The normalized spacial score (nSPS) is 19.6. The van der Waals surface area contributed by atoms with E-state index in [1.165, 1.54) is 0 Å². The summed E-state index contributed by atoms with van der Waals surface area (Å²) in [5.41, 5.74) is 6.13. The second-order valence-electron chi connectivity index (χ2n) is 4.82. The van der Waals surface area contributed by atoms with Crippen molar-refractivity contribution in [2.45, 2.75) is 18.9 Å². The molecular weight excluding hydrogens is 280 g/mol. The molecular formula is C14H17ClN2O3. The van der Waals surface area contributed by atoms with Crippen molar-refractivity contribution in [2.24, 2.45) is 11.7 Å². The first kappa shape index (κ1) is 14.8. The number of carbonyl (C=O) groups is 2. The maximum absolute atomic E-state index is 12.0.